The second-order valence-electron chi connectivity index (χ2n) is 9.34. The Hall–Kier alpha value is -3.56. The largest absolute Gasteiger partial charge is 0.417 e. The Kier molecular flexibility index (Phi) is 7.95. The van der Waals surface area contributed by atoms with Crippen molar-refractivity contribution in [3.05, 3.63) is 23.4 Å². The van der Waals surface area contributed by atoms with Crippen molar-refractivity contribution in [1.82, 2.24) is 15.3 Å². The van der Waals surface area contributed by atoms with Crippen molar-refractivity contribution in [2.75, 3.05) is 37.7 Å². The summed E-state index contributed by atoms with van der Waals surface area (Å²) in [6.07, 6.45) is -8.04. The van der Waals surface area contributed by atoms with E-state index in [1.54, 1.807) is 10.3 Å². The molecule has 0 aliphatic carbocycles. The lowest BCUT2D eigenvalue weighted by Crippen LogP contribution is -2.57. The lowest BCUT2D eigenvalue weighted by molar-refractivity contribution is -0.168. The highest BCUT2D eigenvalue weighted by atomic mass is 19.4. The van der Waals surface area contributed by atoms with Gasteiger partial charge in [0.05, 0.1) is 54.8 Å². The van der Waals surface area contributed by atoms with Crippen LogP contribution in [0.1, 0.15) is 35.7 Å². The molecular weight excluding hydrogens is 538 g/mol. The van der Waals surface area contributed by atoms with Gasteiger partial charge in [-0.1, -0.05) is 0 Å². The highest BCUT2D eigenvalue weighted by Gasteiger charge is 2.49. The summed E-state index contributed by atoms with van der Waals surface area (Å²) in [5.41, 5.74) is 0.133. The molecule has 1 N–H and O–H groups in total. The molecule has 39 heavy (non-hydrogen) atoms. The van der Waals surface area contributed by atoms with E-state index in [0.717, 1.165) is 12.3 Å². The van der Waals surface area contributed by atoms with E-state index >= 15 is 0 Å². The Morgan fingerprint density at radius 3 is 2.67 bits per heavy atom. The number of amides is 2. The van der Waals surface area contributed by atoms with Gasteiger partial charge < -0.3 is 14.5 Å². The van der Waals surface area contributed by atoms with Gasteiger partial charge in [-0.25, -0.2) is 10.4 Å². The molecule has 2 amide bonds. The number of hydrogen-bond acceptors (Lipinski definition) is 8. The summed E-state index contributed by atoms with van der Waals surface area (Å²) in [5, 5.41) is 3.37. The van der Waals surface area contributed by atoms with Gasteiger partial charge in [-0.3, -0.25) is 19.4 Å². The molecule has 212 valence electrons. The quantitative estimate of drug-likeness (QED) is 0.420. The zero-order valence-corrected chi connectivity index (χ0v) is 20.6. The molecule has 1 aromatic heterocycles. The molecule has 3 atom stereocenters. The summed E-state index contributed by atoms with van der Waals surface area (Å²) in [4.78, 5) is 47.9. The number of nitrogens with zero attached hydrogens (tertiary/aromatic N) is 5. The standard InChI is InChI=1S/C23H24F6N6O4/c1-12(32-16-9-31-33-21(38)19(16)23(27,28)29)11-39-5-2-18(37)34-3-4-35-14(10-34)7-17(36)15-6-13(22(24,25)26)8-30-20(15)35/h6,8-9,12,14,19H,2-5,7,10-11H2,1H3,(H,33,38)/t12-,14+,19?/m0/s1. The van der Waals surface area contributed by atoms with Gasteiger partial charge in [0, 0.05) is 32.3 Å². The molecule has 3 aliphatic heterocycles. The van der Waals surface area contributed by atoms with Crippen LogP contribution in [0, 0.1) is 5.92 Å². The zero-order valence-electron chi connectivity index (χ0n) is 20.6. The van der Waals surface area contributed by atoms with Gasteiger partial charge >= 0.3 is 12.4 Å². The molecule has 1 saturated heterocycles. The average molecular weight is 562 g/mol. The fourth-order valence-corrected chi connectivity index (χ4v) is 4.63. The van der Waals surface area contributed by atoms with E-state index in [-0.39, 0.29) is 63.0 Å². The number of halogens is 6. The summed E-state index contributed by atoms with van der Waals surface area (Å²) < 4.78 is 84.0. The van der Waals surface area contributed by atoms with Crippen molar-refractivity contribution in [2.24, 2.45) is 16.0 Å². The van der Waals surface area contributed by atoms with E-state index in [2.05, 4.69) is 15.1 Å². The number of hydrogen-bond donors (Lipinski definition) is 1. The fourth-order valence-electron chi connectivity index (χ4n) is 4.63. The Labute approximate surface area is 218 Å². The average Bonchev–Trinajstić information content (AvgIpc) is 2.84. The summed E-state index contributed by atoms with van der Waals surface area (Å²) in [5.74, 6) is -4.35. The summed E-state index contributed by atoms with van der Waals surface area (Å²) in [6, 6.07) is -0.375. The third kappa shape index (κ3) is 6.37. The smallest absolute Gasteiger partial charge is 0.379 e. The van der Waals surface area contributed by atoms with Crippen LogP contribution in [0.4, 0.5) is 32.2 Å². The number of aliphatic imine (C=N–C) groups is 1. The van der Waals surface area contributed by atoms with Crippen LogP contribution in [0.15, 0.2) is 22.4 Å². The Bertz CT molecular complexity index is 1200. The molecule has 0 bridgehead atoms. The minimum Gasteiger partial charge on any atom is -0.379 e. The number of carbonyl (C=O) groups excluding carboxylic acids is 3. The van der Waals surface area contributed by atoms with Crippen LogP contribution >= 0.6 is 0 Å². The number of carbonyl (C=O) groups is 3. The molecule has 1 fully saturated rings. The van der Waals surface area contributed by atoms with E-state index in [1.165, 1.54) is 11.8 Å². The fraction of sp³-hybridized carbons (Fsp3) is 0.565. The minimum atomic E-state index is -4.83. The maximum absolute atomic E-state index is 13.2. The first-order valence-electron chi connectivity index (χ1n) is 12.0. The van der Waals surface area contributed by atoms with Crippen LogP contribution in [0.3, 0.4) is 0 Å². The van der Waals surface area contributed by atoms with E-state index in [9.17, 15) is 40.7 Å². The van der Waals surface area contributed by atoms with Crippen LogP contribution in [-0.4, -0.2) is 90.5 Å². The molecule has 0 spiro atoms. The number of pyridine rings is 1. The Morgan fingerprint density at radius 2 is 1.97 bits per heavy atom. The van der Waals surface area contributed by atoms with Crippen LogP contribution in [-0.2, 0) is 20.5 Å². The lowest BCUT2D eigenvalue weighted by atomic mass is 9.94. The van der Waals surface area contributed by atoms with Crippen molar-refractivity contribution >= 4 is 35.3 Å². The number of nitrogens with one attached hydrogen (secondary N) is 1. The number of rotatable bonds is 6. The highest BCUT2D eigenvalue weighted by Crippen LogP contribution is 2.36. The predicted octanol–water partition coefficient (Wildman–Crippen LogP) is 2.23. The molecular formula is C23H24F6N6O4. The van der Waals surface area contributed by atoms with Crippen molar-refractivity contribution < 1.29 is 45.5 Å². The van der Waals surface area contributed by atoms with Crippen molar-refractivity contribution in [2.45, 2.75) is 44.2 Å². The van der Waals surface area contributed by atoms with Gasteiger partial charge in [-0.15, -0.1) is 0 Å². The number of piperazine rings is 1. The molecule has 1 aromatic rings. The monoisotopic (exact) mass is 562 g/mol. The summed E-state index contributed by atoms with van der Waals surface area (Å²) in [7, 11) is 0. The molecule has 4 heterocycles. The molecule has 0 saturated carbocycles. The molecule has 0 radical (unpaired) electrons. The molecule has 4 rings (SSSR count). The van der Waals surface area contributed by atoms with Gasteiger partial charge in [0.1, 0.15) is 5.82 Å². The molecule has 10 nitrogen and oxygen atoms in total. The number of ketones is 1. The maximum atomic E-state index is 13.2. The second kappa shape index (κ2) is 10.9. The predicted molar refractivity (Wildman–Crippen MR) is 124 cm³/mol. The number of alkyl halides is 6. The second-order valence-corrected chi connectivity index (χ2v) is 9.34. The number of aromatic nitrogens is 1. The topological polar surface area (TPSA) is 117 Å². The highest BCUT2D eigenvalue weighted by molar-refractivity contribution is 6.37. The van der Waals surface area contributed by atoms with Crippen LogP contribution in [0.25, 0.3) is 0 Å². The van der Waals surface area contributed by atoms with Crippen LogP contribution < -0.4 is 10.3 Å². The van der Waals surface area contributed by atoms with Gasteiger partial charge in [0.2, 0.25) is 5.91 Å². The Balaban J connectivity index is 1.28. The number of fused-ring (bicyclic) bond motifs is 3. The van der Waals surface area contributed by atoms with E-state index in [4.69, 9.17) is 4.74 Å². The molecule has 1 unspecified atom stereocenters. The first kappa shape index (κ1) is 28.4. The minimum absolute atomic E-state index is 0.0389. The van der Waals surface area contributed by atoms with Gasteiger partial charge in [0.15, 0.2) is 11.7 Å². The molecule has 0 aromatic carbocycles. The van der Waals surface area contributed by atoms with Crippen molar-refractivity contribution in [3.63, 3.8) is 0 Å². The summed E-state index contributed by atoms with van der Waals surface area (Å²) in [6.45, 7) is 2.06. The van der Waals surface area contributed by atoms with Crippen LogP contribution in [0.2, 0.25) is 0 Å². The maximum Gasteiger partial charge on any atom is 0.417 e. The van der Waals surface area contributed by atoms with E-state index < -0.39 is 53.3 Å². The van der Waals surface area contributed by atoms with Gasteiger partial charge in [-0.05, 0) is 13.0 Å². The van der Waals surface area contributed by atoms with Gasteiger partial charge in [-0.2, -0.15) is 31.4 Å². The van der Waals surface area contributed by atoms with E-state index in [1.807, 2.05) is 0 Å². The SMILES string of the molecule is C[C@@H](COCCC(=O)N1CCN2c3ncc(C(F)(F)F)cc3C(=O)C[C@@H]2C1)N=C1C=NNC(=O)C1C(F)(F)F. The van der Waals surface area contributed by atoms with E-state index in [0.29, 0.717) is 6.20 Å². The van der Waals surface area contributed by atoms with Crippen molar-refractivity contribution in [3.8, 4) is 0 Å². The Morgan fingerprint density at radius 1 is 1.23 bits per heavy atom. The first-order chi connectivity index (χ1) is 18.3. The molecule has 16 heteroatoms. The number of Topliss-reactive ketones (excluding diaryl/α,β-unsaturated/α-hetero) is 1. The van der Waals surface area contributed by atoms with Crippen LogP contribution in [0.5, 0.6) is 0 Å². The zero-order chi connectivity index (χ0) is 28.5. The molecule has 3 aliphatic rings. The number of ether oxygens (including phenoxy) is 1. The number of hydrazone groups is 1. The third-order valence-corrected chi connectivity index (χ3v) is 6.47. The van der Waals surface area contributed by atoms with Crippen molar-refractivity contribution in [1.29, 1.82) is 0 Å². The summed E-state index contributed by atoms with van der Waals surface area (Å²) >= 11 is 0. The third-order valence-electron chi connectivity index (χ3n) is 6.47. The normalized spacial score (nSPS) is 23.4. The first-order valence-corrected chi connectivity index (χ1v) is 12.0. The lowest BCUT2D eigenvalue weighted by Gasteiger charge is -2.44. The number of anilines is 1. The van der Waals surface area contributed by atoms with Gasteiger partial charge in [0.25, 0.3) is 5.91 Å².